The molecule has 2 N–H and O–H groups in total. The van der Waals surface area contributed by atoms with E-state index in [0.717, 1.165) is 0 Å². The van der Waals surface area contributed by atoms with Crippen LogP contribution in [0.5, 0.6) is 0 Å². The SMILES string of the molecule is CNC(COCCOCCOC(C)C)C(O)C(C)C. The summed E-state index contributed by atoms with van der Waals surface area (Å²) in [6, 6.07) is -0.0377. The molecule has 2 atom stereocenters. The third kappa shape index (κ3) is 10.3. The number of likely N-dealkylation sites (N-methyl/N-ethyl adjacent to an activating group) is 1. The van der Waals surface area contributed by atoms with Crippen molar-refractivity contribution in [2.24, 2.45) is 5.92 Å². The van der Waals surface area contributed by atoms with Crippen LogP contribution >= 0.6 is 0 Å². The van der Waals surface area contributed by atoms with Crippen molar-refractivity contribution < 1.29 is 19.3 Å². The molecule has 0 heterocycles. The highest BCUT2D eigenvalue weighted by molar-refractivity contribution is 4.76. The molecule has 0 aromatic carbocycles. The summed E-state index contributed by atoms with van der Waals surface area (Å²) < 4.78 is 16.2. The van der Waals surface area contributed by atoms with Crippen LogP contribution in [0.2, 0.25) is 0 Å². The third-order valence-electron chi connectivity index (χ3n) is 2.81. The highest BCUT2D eigenvalue weighted by Crippen LogP contribution is 2.06. The molecule has 0 rings (SSSR count). The van der Waals surface area contributed by atoms with Crippen LogP contribution in [0.15, 0.2) is 0 Å². The van der Waals surface area contributed by atoms with Gasteiger partial charge in [-0.3, -0.25) is 0 Å². The van der Waals surface area contributed by atoms with Crippen LogP contribution in [0, 0.1) is 5.92 Å². The molecule has 0 saturated carbocycles. The molecule has 19 heavy (non-hydrogen) atoms. The smallest absolute Gasteiger partial charge is 0.0738 e. The monoisotopic (exact) mass is 277 g/mol. The van der Waals surface area contributed by atoms with Gasteiger partial charge < -0.3 is 24.6 Å². The van der Waals surface area contributed by atoms with E-state index >= 15 is 0 Å². The van der Waals surface area contributed by atoms with Crippen LogP contribution in [-0.2, 0) is 14.2 Å². The summed E-state index contributed by atoms with van der Waals surface area (Å²) in [6.45, 7) is 10.8. The van der Waals surface area contributed by atoms with Crippen molar-refractivity contribution in [3.63, 3.8) is 0 Å². The third-order valence-corrected chi connectivity index (χ3v) is 2.81. The number of nitrogens with one attached hydrogen (secondary N) is 1. The Kier molecular flexibility index (Phi) is 11.5. The second-order valence-corrected chi connectivity index (χ2v) is 5.24. The number of hydrogen-bond acceptors (Lipinski definition) is 5. The van der Waals surface area contributed by atoms with E-state index < -0.39 is 6.10 Å². The molecule has 0 aliphatic heterocycles. The van der Waals surface area contributed by atoms with Crippen molar-refractivity contribution >= 4 is 0 Å². The van der Waals surface area contributed by atoms with Gasteiger partial charge in [-0.15, -0.1) is 0 Å². The van der Waals surface area contributed by atoms with Crippen LogP contribution in [0.25, 0.3) is 0 Å². The van der Waals surface area contributed by atoms with E-state index in [9.17, 15) is 5.11 Å². The molecule has 2 unspecified atom stereocenters. The first-order valence-electron chi connectivity index (χ1n) is 7.11. The summed E-state index contributed by atoms with van der Waals surface area (Å²) in [5.74, 6) is 0.213. The maximum atomic E-state index is 9.92. The fourth-order valence-corrected chi connectivity index (χ4v) is 1.59. The van der Waals surface area contributed by atoms with E-state index in [1.165, 1.54) is 0 Å². The molecule has 0 aromatic heterocycles. The quantitative estimate of drug-likeness (QED) is 0.522. The largest absolute Gasteiger partial charge is 0.391 e. The van der Waals surface area contributed by atoms with Crippen molar-refractivity contribution in [3.05, 3.63) is 0 Å². The molecular formula is C14H31NO4. The Morgan fingerprint density at radius 3 is 2.05 bits per heavy atom. The Morgan fingerprint density at radius 1 is 0.947 bits per heavy atom. The lowest BCUT2D eigenvalue weighted by molar-refractivity contribution is -0.0152. The molecule has 0 fully saturated rings. The Morgan fingerprint density at radius 2 is 1.53 bits per heavy atom. The first-order chi connectivity index (χ1) is 8.99. The highest BCUT2D eigenvalue weighted by Gasteiger charge is 2.20. The number of ether oxygens (including phenoxy) is 3. The second kappa shape index (κ2) is 11.6. The maximum Gasteiger partial charge on any atom is 0.0738 e. The number of hydrogen-bond donors (Lipinski definition) is 2. The lowest BCUT2D eigenvalue weighted by Gasteiger charge is -2.25. The Balaban J connectivity index is 3.46. The summed E-state index contributed by atoms with van der Waals surface area (Å²) in [5.41, 5.74) is 0. The van der Waals surface area contributed by atoms with Crippen molar-refractivity contribution in [2.75, 3.05) is 40.1 Å². The molecule has 0 spiro atoms. The molecule has 116 valence electrons. The van der Waals surface area contributed by atoms with Gasteiger partial charge in [0.25, 0.3) is 0 Å². The summed E-state index contributed by atoms with van der Waals surface area (Å²) in [6.07, 6.45) is -0.154. The minimum absolute atomic E-state index is 0.0377. The van der Waals surface area contributed by atoms with Crippen LogP contribution in [-0.4, -0.2) is 63.4 Å². The number of rotatable bonds is 12. The van der Waals surface area contributed by atoms with E-state index in [2.05, 4.69) is 5.32 Å². The normalized spacial score (nSPS) is 15.2. The first kappa shape index (κ1) is 18.8. The van der Waals surface area contributed by atoms with Gasteiger partial charge in [-0.25, -0.2) is 0 Å². The molecule has 0 aliphatic carbocycles. The topological polar surface area (TPSA) is 60.0 Å². The van der Waals surface area contributed by atoms with Crippen LogP contribution in [0.4, 0.5) is 0 Å². The molecule has 0 amide bonds. The average molecular weight is 277 g/mol. The van der Waals surface area contributed by atoms with Crippen molar-refractivity contribution in [3.8, 4) is 0 Å². The van der Waals surface area contributed by atoms with Gasteiger partial charge >= 0.3 is 0 Å². The van der Waals surface area contributed by atoms with E-state index in [0.29, 0.717) is 33.0 Å². The molecule has 0 radical (unpaired) electrons. The standard InChI is InChI=1S/C14H31NO4/c1-11(2)14(16)13(15-5)10-18-7-6-17-8-9-19-12(3)4/h11-16H,6-10H2,1-5H3. The summed E-state index contributed by atoms with van der Waals surface area (Å²) in [5, 5.41) is 13.0. The zero-order chi connectivity index (χ0) is 14.7. The first-order valence-corrected chi connectivity index (χ1v) is 7.11. The Labute approximate surface area is 117 Å². The molecule has 0 bridgehead atoms. The van der Waals surface area contributed by atoms with Crippen LogP contribution in [0.1, 0.15) is 27.7 Å². The Hall–Kier alpha value is -0.200. The van der Waals surface area contributed by atoms with E-state index in [1.54, 1.807) is 0 Å². The zero-order valence-corrected chi connectivity index (χ0v) is 13.0. The van der Waals surface area contributed by atoms with E-state index in [1.807, 2.05) is 34.7 Å². The fourth-order valence-electron chi connectivity index (χ4n) is 1.59. The Bertz CT molecular complexity index is 200. The van der Waals surface area contributed by atoms with Gasteiger partial charge in [0.05, 0.1) is 51.3 Å². The minimum atomic E-state index is -0.398. The van der Waals surface area contributed by atoms with Crippen molar-refractivity contribution in [1.82, 2.24) is 5.32 Å². The lowest BCUT2D eigenvalue weighted by Crippen LogP contribution is -2.44. The van der Waals surface area contributed by atoms with Gasteiger partial charge in [0, 0.05) is 0 Å². The number of aliphatic hydroxyl groups is 1. The van der Waals surface area contributed by atoms with Crippen LogP contribution < -0.4 is 5.32 Å². The van der Waals surface area contributed by atoms with Gasteiger partial charge in [0.2, 0.25) is 0 Å². The summed E-state index contributed by atoms with van der Waals surface area (Å²) in [4.78, 5) is 0. The molecular weight excluding hydrogens is 246 g/mol. The molecule has 0 aliphatic rings. The van der Waals surface area contributed by atoms with Gasteiger partial charge in [-0.05, 0) is 26.8 Å². The zero-order valence-electron chi connectivity index (χ0n) is 13.0. The van der Waals surface area contributed by atoms with E-state index in [-0.39, 0.29) is 18.1 Å². The van der Waals surface area contributed by atoms with Gasteiger partial charge in [-0.1, -0.05) is 13.8 Å². The van der Waals surface area contributed by atoms with Crippen molar-refractivity contribution in [2.45, 2.75) is 45.9 Å². The van der Waals surface area contributed by atoms with Crippen molar-refractivity contribution in [1.29, 1.82) is 0 Å². The van der Waals surface area contributed by atoms with Gasteiger partial charge in [0.15, 0.2) is 0 Å². The summed E-state index contributed by atoms with van der Waals surface area (Å²) >= 11 is 0. The molecule has 5 heteroatoms. The predicted octanol–water partition coefficient (Wildman–Crippen LogP) is 1.05. The molecule has 0 saturated heterocycles. The predicted molar refractivity (Wildman–Crippen MR) is 76.4 cm³/mol. The highest BCUT2D eigenvalue weighted by atomic mass is 16.5. The average Bonchev–Trinajstić information content (AvgIpc) is 2.36. The number of aliphatic hydroxyl groups excluding tert-OH is 1. The molecule has 0 aromatic rings. The lowest BCUT2D eigenvalue weighted by atomic mass is 10.0. The fraction of sp³-hybridized carbons (Fsp3) is 1.00. The minimum Gasteiger partial charge on any atom is -0.391 e. The van der Waals surface area contributed by atoms with Gasteiger partial charge in [-0.2, -0.15) is 0 Å². The summed E-state index contributed by atoms with van der Waals surface area (Å²) in [7, 11) is 1.83. The van der Waals surface area contributed by atoms with E-state index in [4.69, 9.17) is 14.2 Å². The molecule has 5 nitrogen and oxygen atoms in total. The maximum absolute atomic E-state index is 9.92. The van der Waals surface area contributed by atoms with Crippen LogP contribution in [0.3, 0.4) is 0 Å². The second-order valence-electron chi connectivity index (χ2n) is 5.24. The van der Waals surface area contributed by atoms with Gasteiger partial charge in [0.1, 0.15) is 0 Å².